The fourth-order valence-corrected chi connectivity index (χ4v) is 1.89. The summed E-state index contributed by atoms with van der Waals surface area (Å²) in [4.78, 5) is 26.3. The predicted octanol–water partition coefficient (Wildman–Crippen LogP) is 1.64. The maximum atomic E-state index is 12.4. The number of terminal acetylenes is 1. The lowest BCUT2D eigenvalue weighted by molar-refractivity contribution is -0.138. The van der Waals surface area contributed by atoms with Gasteiger partial charge in [-0.15, -0.1) is 6.42 Å². The molecule has 1 aliphatic carbocycles. The van der Waals surface area contributed by atoms with Crippen LogP contribution in [0.5, 0.6) is 0 Å². The Balaban J connectivity index is 2.74. The highest BCUT2D eigenvalue weighted by molar-refractivity contribution is 5.80. The van der Waals surface area contributed by atoms with Crippen molar-refractivity contribution in [3.63, 3.8) is 0 Å². The first-order valence-electron chi connectivity index (χ1n) is 6.70. The number of hydrogen-bond donors (Lipinski definition) is 1. The topological polar surface area (TPSA) is 60.9 Å². The summed E-state index contributed by atoms with van der Waals surface area (Å²) in [6.07, 6.45) is 8.25. The van der Waals surface area contributed by atoms with Crippen LogP contribution in [0.2, 0.25) is 0 Å². The van der Waals surface area contributed by atoms with E-state index in [2.05, 4.69) is 5.92 Å². The van der Waals surface area contributed by atoms with Gasteiger partial charge in [0.2, 0.25) is 0 Å². The molecule has 19 heavy (non-hydrogen) atoms. The smallest absolute Gasteiger partial charge is 0.323 e. The molecule has 0 heterocycles. The van der Waals surface area contributed by atoms with Gasteiger partial charge in [0.25, 0.3) is 0 Å². The zero-order valence-corrected chi connectivity index (χ0v) is 11.6. The van der Waals surface area contributed by atoms with Gasteiger partial charge in [-0.25, -0.2) is 4.79 Å². The second kappa shape index (κ2) is 7.03. The van der Waals surface area contributed by atoms with Crippen LogP contribution in [0, 0.1) is 18.3 Å². The number of amides is 2. The van der Waals surface area contributed by atoms with Gasteiger partial charge in [-0.1, -0.05) is 12.8 Å². The first-order chi connectivity index (χ1) is 8.99. The van der Waals surface area contributed by atoms with E-state index in [4.69, 9.17) is 11.5 Å². The monoisotopic (exact) mass is 266 g/mol. The molecule has 2 amide bonds. The Labute approximate surface area is 114 Å². The van der Waals surface area contributed by atoms with Crippen LogP contribution < -0.4 is 0 Å². The van der Waals surface area contributed by atoms with E-state index in [9.17, 15) is 9.59 Å². The largest absolute Gasteiger partial charge is 0.480 e. The molecule has 0 saturated heterocycles. The van der Waals surface area contributed by atoms with Gasteiger partial charge in [0.05, 0.1) is 6.54 Å². The summed E-state index contributed by atoms with van der Waals surface area (Å²) in [7, 11) is 0. The molecule has 0 aromatic carbocycles. The number of carboxylic acids is 1. The van der Waals surface area contributed by atoms with E-state index in [0.29, 0.717) is 18.9 Å². The number of carbonyl (C=O) groups is 2. The average molecular weight is 266 g/mol. The van der Waals surface area contributed by atoms with Crippen LogP contribution in [0.25, 0.3) is 0 Å². The summed E-state index contributed by atoms with van der Waals surface area (Å²) in [6.45, 7) is 4.38. The van der Waals surface area contributed by atoms with E-state index in [1.54, 1.807) is 4.90 Å². The van der Waals surface area contributed by atoms with Crippen LogP contribution in [-0.2, 0) is 4.79 Å². The molecular formula is C14H22N2O3. The molecule has 0 aliphatic heterocycles. The van der Waals surface area contributed by atoms with Crippen LogP contribution in [0.15, 0.2) is 0 Å². The van der Waals surface area contributed by atoms with E-state index in [1.807, 2.05) is 13.8 Å². The van der Waals surface area contributed by atoms with Crippen LogP contribution >= 0.6 is 0 Å². The Bertz CT molecular complexity index is 371. The van der Waals surface area contributed by atoms with Crippen LogP contribution in [0.3, 0.4) is 0 Å². The van der Waals surface area contributed by atoms with Gasteiger partial charge in [-0.2, -0.15) is 0 Å². The second-order valence-electron chi connectivity index (χ2n) is 5.09. The fourth-order valence-electron chi connectivity index (χ4n) is 1.89. The summed E-state index contributed by atoms with van der Waals surface area (Å²) in [6, 6.07) is -0.371. The predicted molar refractivity (Wildman–Crippen MR) is 72.6 cm³/mol. The van der Waals surface area contributed by atoms with Gasteiger partial charge in [-0.3, -0.25) is 4.79 Å². The Morgan fingerprint density at radius 1 is 1.47 bits per heavy atom. The molecule has 1 atom stereocenters. The molecule has 0 aromatic heterocycles. The minimum Gasteiger partial charge on any atom is -0.480 e. The minimum atomic E-state index is -0.999. The van der Waals surface area contributed by atoms with Crippen molar-refractivity contribution in [2.45, 2.75) is 39.2 Å². The number of aliphatic carboxylic acids is 1. The standard InChI is InChI=1S/C14H22N2O3/c1-4-8-15(9-12-6-7-12)14(19)16(10-13(17)18)11(3)5-2/h1,11-12H,5-10H2,2-3H3,(H,17,18). The Hall–Kier alpha value is -1.70. The third-order valence-corrected chi connectivity index (χ3v) is 3.40. The van der Waals surface area contributed by atoms with E-state index in [0.717, 1.165) is 12.8 Å². The Morgan fingerprint density at radius 2 is 2.11 bits per heavy atom. The lowest BCUT2D eigenvalue weighted by atomic mass is 10.2. The normalized spacial score (nSPS) is 15.4. The molecule has 1 aliphatic rings. The number of rotatable bonds is 7. The summed E-state index contributed by atoms with van der Waals surface area (Å²) >= 11 is 0. The minimum absolute atomic E-state index is 0.108. The van der Waals surface area contributed by atoms with Gasteiger partial charge >= 0.3 is 12.0 Å². The Kier molecular flexibility index (Phi) is 5.68. The number of urea groups is 1. The number of hydrogen-bond acceptors (Lipinski definition) is 2. The number of carboxylic acid groups (broad SMARTS) is 1. The molecule has 1 rings (SSSR count). The third kappa shape index (κ3) is 4.82. The molecule has 1 N–H and O–H groups in total. The molecule has 5 nitrogen and oxygen atoms in total. The lowest BCUT2D eigenvalue weighted by Crippen LogP contribution is -2.49. The summed E-state index contributed by atoms with van der Waals surface area (Å²) in [5.74, 6) is 2.01. The van der Waals surface area contributed by atoms with Crippen molar-refractivity contribution in [2.75, 3.05) is 19.6 Å². The molecule has 0 aromatic rings. The molecule has 1 unspecified atom stereocenters. The molecular weight excluding hydrogens is 244 g/mol. The molecule has 1 saturated carbocycles. The maximum Gasteiger partial charge on any atom is 0.323 e. The summed E-state index contributed by atoms with van der Waals surface area (Å²) in [5.41, 5.74) is 0. The van der Waals surface area contributed by atoms with Gasteiger partial charge in [0.15, 0.2) is 0 Å². The van der Waals surface area contributed by atoms with Crippen molar-refractivity contribution in [1.82, 2.24) is 9.80 Å². The van der Waals surface area contributed by atoms with E-state index in [1.165, 1.54) is 4.90 Å². The fraction of sp³-hybridized carbons (Fsp3) is 0.714. The van der Waals surface area contributed by atoms with Crippen molar-refractivity contribution in [3.05, 3.63) is 0 Å². The highest BCUT2D eigenvalue weighted by Crippen LogP contribution is 2.30. The molecule has 0 bridgehead atoms. The maximum absolute atomic E-state index is 12.4. The van der Waals surface area contributed by atoms with Crippen molar-refractivity contribution < 1.29 is 14.7 Å². The lowest BCUT2D eigenvalue weighted by Gasteiger charge is -2.32. The highest BCUT2D eigenvalue weighted by Gasteiger charge is 2.30. The van der Waals surface area contributed by atoms with Crippen molar-refractivity contribution in [2.24, 2.45) is 5.92 Å². The van der Waals surface area contributed by atoms with E-state index >= 15 is 0 Å². The SMILES string of the molecule is C#CCN(CC1CC1)C(=O)N(CC(=O)O)C(C)CC. The van der Waals surface area contributed by atoms with Crippen molar-refractivity contribution >= 4 is 12.0 Å². The van der Waals surface area contributed by atoms with Crippen LogP contribution in [-0.4, -0.2) is 52.6 Å². The molecule has 0 spiro atoms. The van der Waals surface area contributed by atoms with E-state index < -0.39 is 5.97 Å². The first kappa shape index (κ1) is 15.4. The summed E-state index contributed by atoms with van der Waals surface area (Å²) < 4.78 is 0. The van der Waals surface area contributed by atoms with Crippen molar-refractivity contribution in [1.29, 1.82) is 0 Å². The quantitative estimate of drug-likeness (QED) is 0.713. The zero-order valence-electron chi connectivity index (χ0n) is 11.6. The summed E-state index contributed by atoms with van der Waals surface area (Å²) in [5, 5.41) is 8.93. The number of nitrogens with zero attached hydrogens (tertiary/aromatic N) is 2. The zero-order chi connectivity index (χ0) is 14.4. The Morgan fingerprint density at radius 3 is 2.53 bits per heavy atom. The number of carbonyl (C=O) groups excluding carboxylic acids is 1. The second-order valence-corrected chi connectivity index (χ2v) is 5.09. The highest BCUT2D eigenvalue weighted by atomic mass is 16.4. The average Bonchev–Trinajstić information content (AvgIpc) is 3.17. The first-order valence-corrected chi connectivity index (χ1v) is 6.70. The van der Waals surface area contributed by atoms with Crippen LogP contribution in [0.4, 0.5) is 4.79 Å². The van der Waals surface area contributed by atoms with Gasteiger partial charge in [0, 0.05) is 12.6 Å². The molecule has 5 heteroatoms. The van der Waals surface area contributed by atoms with Crippen molar-refractivity contribution in [3.8, 4) is 12.3 Å². The molecule has 106 valence electrons. The molecule has 1 fully saturated rings. The molecule has 0 radical (unpaired) electrons. The van der Waals surface area contributed by atoms with Gasteiger partial charge < -0.3 is 14.9 Å². The third-order valence-electron chi connectivity index (χ3n) is 3.40. The van der Waals surface area contributed by atoms with Gasteiger partial charge in [0.1, 0.15) is 6.54 Å². The van der Waals surface area contributed by atoms with Gasteiger partial charge in [-0.05, 0) is 32.1 Å². The van der Waals surface area contributed by atoms with Crippen LogP contribution in [0.1, 0.15) is 33.1 Å². The van der Waals surface area contributed by atoms with E-state index in [-0.39, 0.29) is 25.2 Å².